The molecule has 1 heterocycles. The molecule has 0 aromatic heterocycles. The molecule has 0 aliphatic carbocycles. The number of benzene rings is 2. The fraction of sp³-hybridized carbons (Fsp3) is 0.333. The van der Waals surface area contributed by atoms with Gasteiger partial charge in [-0.3, -0.25) is 9.59 Å². The average molecular weight is 368 g/mol. The molecule has 2 aromatic carbocycles. The summed E-state index contributed by atoms with van der Waals surface area (Å²) >= 11 is 0. The van der Waals surface area contributed by atoms with Crippen LogP contribution in [0.15, 0.2) is 54.6 Å². The van der Waals surface area contributed by atoms with Gasteiger partial charge in [0.15, 0.2) is 0 Å². The number of carbonyl (C=O) groups is 2. The van der Waals surface area contributed by atoms with E-state index in [4.69, 9.17) is 4.74 Å². The van der Waals surface area contributed by atoms with Crippen LogP contribution in [0.2, 0.25) is 0 Å². The summed E-state index contributed by atoms with van der Waals surface area (Å²) in [6.45, 7) is 1.27. The topological polar surface area (TPSA) is 78.9 Å². The number of nitrogens with one attached hydrogen (secondary N) is 1. The summed E-state index contributed by atoms with van der Waals surface area (Å²) in [5.41, 5.74) is 0.665. The Morgan fingerprint density at radius 1 is 1.15 bits per heavy atom. The number of para-hydroxylation sites is 1. The highest BCUT2D eigenvalue weighted by molar-refractivity contribution is 5.80. The molecular formula is C21H24N2O4. The van der Waals surface area contributed by atoms with Crippen LogP contribution in [0.5, 0.6) is 11.5 Å². The van der Waals surface area contributed by atoms with Crippen molar-refractivity contribution in [3.8, 4) is 11.5 Å². The van der Waals surface area contributed by atoms with E-state index in [2.05, 4.69) is 5.32 Å². The largest absolute Gasteiger partial charge is 0.457 e. The first-order valence-electron chi connectivity index (χ1n) is 9.17. The molecule has 2 amide bonds. The maximum Gasteiger partial charge on any atom is 0.222 e. The van der Waals surface area contributed by atoms with Gasteiger partial charge in [0.25, 0.3) is 0 Å². The van der Waals surface area contributed by atoms with Crippen LogP contribution in [0.3, 0.4) is 0 Å². The van der Waals surface area contributed by atoms with Crippen LogP contribution in [-0.2, 0) is 9.59 Å². The van der Waals surface area contributed by atoms with Crippen molar-refractivity contribution in [2.45, 2.75) is 25.4 Å². The van der Waals surface area contributed by atoms with E-state index in [1.807, 2.05) is 36.4 Å². The highest BCUT2D eigenvalue weighted by Gasteiger charge is 2.20. The van der Waals surface area contributed by atoms with Crippen LogP contribution in [-0.4, -0.2) is 41.5 Å². The molecule has 3 rings (SSSR count). The molecule has 142 valence electrons. The molecular weight excluding hydrogens is 344 g/mol. The average Bonchev–Trinajstić information content (AvgIpc) is 3.10. The SMILES string of the molecule is O=C(CCN1CCCC1=O)NCC(O)c1cccc(Oc2ccccc2)c1. The fourth-order valence-corrected chi connectivity index (χ4v) is 3.00. The number of aliphatic hydroxyl groups excluding tert-OH is 1. The molecule has 0 spiro atoms. The van der Waals surface area contributed by atoms with Gasteiger partial charge in [0.05, 0.1) is 6.10 Å². The molecule has 1 unspecified atom stereocenters. The molecule has 2 aromatic rings. The van der Waals surface area contributed by atoms with Crippen LogP contribution in [0.1, 0.15) is 30.9 Å². The van der Waals surface area contributed by atoms with Gasteiger partial charge in [0.1, 0.15) is 11.5 Å². The minimum Gasteiger partial charge on any atom is -0.457 e. The Kier molecular flexibility index (Phi) is 6.44. The fourth-order valence-electron chi connectivity index (χ4n) is 3.00. The smallest absolute Gasteiger partial charge is 0.222 e. The lowest BCUT2D eigenvalue weighted by Crippen LogP contribution is -2.33. The van der Waals surface area contributed by atoms with Gasteiger partial charge in [-0.2, -0.15) is 0 Å². The Balaban J connectivity index is 1.47. The first kappa shape index (κ1) is 18.9. The summed E-state index contributed by atoms with van der Waals surface area (Å²) in [6, 6.07) is 16.6. The molecule has 0 radical (unpaired) electrons. The van der Waals surface area contributed by atoms with Crippen molar-refractivity contribution in [1.29, 1.82) is 0 Å². The van der Waals surface area contributed by atoms with Crippen molar-refractivity contribution < 1.29 is 19.4 Å². The van der Waals surface area contributed by atoms with Gasteiger partial charge in [-0.05, 0) is 36.2 Å². The number of likely N-dealkylation sites (tertiary alicyclic amines) is 1. The Bertz CT molecular complexity index is 779. The number of hydrogen-bond acceptors (Lipinski definition) is 4. The van der Waals surface area contributed by atoms with Gasteiger partial charge < -0.3 is 20.1 Å². The lowest BCUT2D eigenvalue weighted by molar-refractivity contribution is -0.128. The number of nitrogens with zero attached hydrogens (tertiary/aromatic N) is 1. The first-order valence-corrected chi connectivity index (χ1v) is 9.17. The molecule has 0 saturated carbocycles. The van der Waals surface area contributed by atoms with E-state index in [-0.39, 0.29) is 24.8 Å². The zero-order chi connectivity index (χ0) is 19.1. The van der Waals surface area contributed by atoms with E-state index in [0.717, 1.165) is 13.0 Å². The third-order valence-corrected chi connectivity index (χ3v) is 4.49. The molecule has 2 N–H and O–H groups in total. The molecule has 0 bridgehead atoms. The van der Waals surface area contributed by atoms with Gasteiger partial charge in [-0.15, -0.1) is 0 Å². The van der Waals surface area contributed by atoms with Crippen molar-refractivity contribution in [3.63, 3.8) is 0 Å². The quantitative estimate of drug-likeness (QED) is 0.751. The van der Waals surface area contributed by atoms with Gasteiger partial charge in [-0.1, -0.05) is 30.3 Å². The second-order valence-corrected chi connectivity index (χ2v) is 6.54. The van der Waals surface area contributed by atoms with Gasteiger partial charge in [-0.25, -0.2) is 0 Å². The Morgan fingerprint density at radius 3 is 2.67 bits per heavy atom. The number of hydrogen-bond donors (Lipinski definition) is 2. The summed E-state index contributed by atoms with van der Waals surface area (Å²) in [5.74, 6) is 1.27. The highest BCUT2D eigenvalue weighted by Crippen LogP contribution is 2.24. The van der Waals surface area contributed by atoms with E-state index in [0.29, 0.717) is 30.0 Å². The molecule has 1 aliphatic rings. The summed E-state index contributed by atoms with van der Waals surface area (Å²) in [5, 5.41) is 13.1. The summed E-state index contributed by atoms with van der Waals surface area (Å²) in [7, 11) is 0. The summed E-state index contributed by atoms with van der Waals surface area (Å²) in [6.07, 6.45) is 0.847. The lowest BCUT2D eigenvalue weighted by Gasteiger charge is -2.16. The highest BCUT2D eigenvalue weighted by atomic mass is 16.5. The molecule has 6 nitrogen and oxygen atoms in total. The lowest BCUT2D eigenvalue weighted by atomic mass is 10.1. The van der Waals surface area contributed by atoms with Crippen molar-refractivity contribution in [1.82, 2.24) is 10.2 Å². The number of rotatable bonds is 8. The van der Waals surface area contributed by atoms with E-state index in [9.17, 15) is 14.7 Å². The molecule has 1 atom stereocenters. The van der Waals surface area contributed by atoms with E-state index < -0.39 is 6.10 Å². The van der Waals surface area contributed by atoms with Crippen LogP contribution in [0, 0.1) is 0 Å². The maximum absolute atomic E-state index is 12.0. The number of aliphatic hydroxyl groups is 1. The Labute approximate surface area is 158 Å². The molecule has 1 saturated heterocycles. The molecule has 1 fully saturated rings. The minimum absolute atomic E-state index is 0.109. The molecule has 1 aliphatic heterocycles. The molecule has 27 heavy (non-hydrogen) atoms. The number of amides is 2. The molecule has 6 heteroatoms. The van der Waals surface area contributed by atoms with Gasteiger partial charge in [0, 0.05) is 32.5 Å². The van der Waals surface area contributed by atoms with Crippen LogP contribution < -0.4 is 10.1 Å². The summed E-state index contributed by atoms with van der Waals surface area (Å²) in [4.78, 5) is 25.2. The monoisotopic (exact) mass is 368 g/mol. The predicted octanol–water partition coefficient (Wildman–Crippen LogP) is 2.64. The standard InChI is InChI=1S/C21H24N2O4/c24-19(15-22-20(25)11-13-23-12-5-10-21(23)26)16-6-4-9-18(14-16)27-17-7-2-1-3-8-17/h1-4,6-9,14,19,24H,5,10-13,15H2,(H,22,25). The van der Waals surface area contributed by atoms with Crippen LogP contribution >= 0.6 is 0 Å². The maximum atomic E-state index is 12.0. The third-order valence-electron chi connectivity index (χ3n) is 4.49. The zero-order valence-corrected chi connectivity index (χ0v) is 15.1. The van der Waals surface area contributed by atoms with Crippen LogP contribution in [0.25, 0.3) is 0 Å². The second-order valence-electron chi connectivity index (χ2n) is 6.54. The van der Waals surface area contributed by atoms with Crippen molar-refractivity contribution in [3.05, 3.63) is 60.2 Å². The minimum atomic E-state index is -0.832. The second kappa shape index (κ2) is 9.19. The van der Waals surface area contributed by atoms with Crippen LogP contribution in [0.4, 0.5) is 0 Å². The van der Waals surface area contributed by atoms with Gasteiger partial charge >= 0.3 is 0 Å². The number of carbonyl (C=O) groups excluding carboxylic acids is 2. The third kappa shape index (κ3) is 5.56. The van der Waals surface area contributed by atoms with Crippen molar-refractivity contribution in [2.24, 2.45) is 0 Å². The van der Waals surface area contributed by atoms with Crippen molar-refractivity contribution in [2.75, 3.05) is 19.6 Å². The first-order chi connectivity index (χ1) is 13.1. The Morgan fingerprint density at radius 2 is 1.93 bits per heavy atom. The van der Waals surface area contributed by atoms with E-state index >= 15 is 0 Å². The van der Waals surface area contributed by atoms with Crippen molar-refractivity contribution >= 4 is 11.8 Å². The van der Waals surface area contributed by atoms with Gasteiger partial charge in [0.2, 0.25) is 11.8 Å². The van der Waals surface area contributed by atoms with E-state index in [1.165, 1.54) is 0 Å². The zero-order valence-electron chi connectivity index (χ0n) is 15.1. The normalized spacial score (nSPS) is 14.9. The van der Waals surface area contributed by atoms with E-state index in [1.54, 1.807) is 23.1 Å². The number of ether oxygens (including phenoxy) is 1. The summed E-state index contributed by atoms with van der Waals surface area (Å²) < 4.78 is 5.76. The Hall–Kier alpha value is -2.86. The predicted molar refractivity (Wildman–Crippen MR) is 101 cm³/mol.